The highest BCUT2D eigenvalue weighted by Crippen LogP contribution is 2.25. The molecule has 0 fully saturated rings. The lowest BCUT2D eigenvalue weighted by Gasteiger charge is -2.16. The minimum Gasteiger partial charge on any atom is -0.362 e. The van der Waals surface area contributed by atoms with Gasteiger partial charge in [0.25, 0.3) is 0 Å². The Hall–Kier alpha value is -1.88. The Kier molecular flexibility index (Phi) is 4.16. The van der Waals surface area contributed by atoms with Crippen molar-refractivity contribution in [2.75, 3.05) is 17.7 Å². The van der Waals surface area contributed by atoms with Crippen LogP contribution in [0.1, 0.15) is 18.5 Å². The summed E-state index contributed by atoms with van der Waals surface area (Å²) in [6.45, 7) is 1.84. The molecule has 1 heterocycles. The summed E-state index contributed by atoms with van der Waals surface area (Å²) < 4.78 is 13.7. The maximum absolute atomic E-state index is 13.7. The molecule has 4 nitrogen and oxygen atoms in total. The lowest BCUT2D eigenvalue weighted by molar-refractivity contribution is 0.600. The lowest BCUT2D eigenvalue weighted by Crippen LogP contribution is -2.11. The number of nitrogens with one attached hydrogen (secondary N) is 2. The van der Waals surface area contributed by atoms with Crippen LogP contribution in [0.15, 0.2) is 30.5 Å². The van der Waals surface area contributed by atoms with Crippen molar-refractivity contribution in [1.29, 1.82) is 0 Å². The predicted molar refractivity (Wildman–Crippen MR) is 75.0 cm³/mol. The quantitative estimate of drug-likeness (QED) is 0.900. The van der Waals surface area contributed by atoms with Crippen molar-refractivity contribution < 1.29 is 4.39 Å². The van der Waals surface area contributed by atoms with Crippen LogP contribution in [0.2, 0.25) is 5.02 Å². The Labute approximate surface area is 116 Å². The van der Waals surface area contributed by atoms with E-state index in [0.717, 1.165) is 0 Å². The van der Waals surface area contributed by atoms with Gasteiger partial charge >= 0.3 is 0 Å². The molecule has 2 rings (SSSR count). The van der Waals surface area contributed by atoms with Gasteiger partial charge in [-0.1, -0.05) is 29.8 Å². The summed E-state index contributed by atoms with van der Waals surface area (Å²) in [5.41, 5.74) is 0.559. The summed E-state index contributed by atoms with van der Waals surface area (Å²) in [6, 6.07) is 6.34. The van der Waals surface area contributed by atoms with Crippen LogP contribution in [-0.4, -0.2) is 17.0 Å². The SMILES string of the molecule is CNc1ncc(Cl)c(NC(C)c2ccccc2F)n1. The van der Waals surface area contributed by atoms with Crippen molar-refractivity contribution in [2.45, 2.75) is 13.0 Å². The maximum atomic E-state index is 13.7. The second-order valence-electron chi connectivity index (χ2n) is 4.03. The first-order valence-corrected chi connectivity index (χ1v) is 6.21. The first-order valence-electron chi connectivity index (χ1n) is 5.83. The fourth-order valence-electron chi connectivity index (χ4n) is 1.70. The first kappa shape index (κ1) is 13.5. The smallest absolute Gasteiger partial charge is 0.224 e. The average molecular weight is 281 g/mol. The molecule has 1 unspecified atom stereocenters. The van der Waals surface area contributed by atoms with Crippen LogP contribution in [0.3, 0.4) is 0 Å². The zero-order chi connectivity index (χ0) is 13.8. The highest BCUT2D eigenvalue weighted by molar-refractivity contribution is 6.32. The molecular weight excluding hydrogens is 267 g/mol. The highest BCUT2D eigenvalue weighted by atomic mass is 35.5. The summed E-state index contributed by atoms with van der Waals surface area (Å²) in [5, 5.41) is 6.29. The standard InChI is InChI=1S/C13H14ClFN4/c1-8(9-5-3-4-6-11(9)15)18-12-10(14)7-17-13(16-2)19-12/h3-8H,1-2H3,(H2,16,17,18,19). The zero-order valence-electron chi connectivity index (χ0n) is 10.6. The summed E-state index contributed by atoms with van der Waals surface area (Å²) >= 11 is 6.02. The van der Waals surface area contributed by atoms with Crippen molar-refractivity contribution in [2.24, 2.45) is 0 Å². The second kappa shape index (κ2) is 5.84. The molecule has 2 N–H and O–H groups in total. The molecule has 1 aromatic carbocycles. The molecule has 1 aromatic heterocycles. The Morgan fingerprint density at radius 2 is 2.05 bits per heavy atom. The molecule has 0 spiro atoms. The van der Waals surface area contributed by atoms with Crippen molar-refractivity contribution in [3.05, 3.63) is 46.9 Å². The maximum Gasteiger partial charge on any atom is 0.224 e. The number of anilines is 2. The van der Waals surface area contributed by atoms with Gasteiger partial charge in [0.1, 0.15) is 10.8 Å². The molecule has 0 saturated heterocycles. The third-order valence-electron chi connectivity index (χ3n) is 2.69. The number of rotatable bonds is 4. The van der Waals surface area contributed by atoms with Gasteiger partial charge in [-0.2, -0.15) is 4.98 Å². The number of hydrogen-bond acceptors (Lipinski definition) is 4. The minimum absolute atomic E-state index is 0.252. The number of nitrogens with zero attached hydrogens (tertiary/aromatic N) is 2. The molecule has 19 heavy (non-hydrogen) atoms. The van der Waals surface area contributed by atoms with Crippen LogP contribution < -0.4 is 10.6 Å². The molecule has 0 amide bonds. The summed E-state index contributed by atoms with van der Waals surface area (Å²) in [5.74, 6) is 0.658. The molecule has 1 atom stereocenters. The van der Waals surface area contributed by atoms with Gasteiger partial charge < -0.3 is 10.6 Å². The fraction of sp³-hybridized carbons (Fsp3) is 0.231. The van der Waals surface area contributed by atoms with E-state index >= 15 is 0 Å². The lowest BCUT2D eigenvalue weighted by atomic mass is 10.1. The molecule has 0 aliphatic rings. The van der Waals surface area contributed by atoms with Crippen molar-refractivity contribution in [3.8, 4) is 0 Å². The normalized spacial score (nSPS) is 12.0. The van der Waals surface area contributed by atoms with Crippen molar-refractivity contribution >= 4 is 23.4 Å². The van der Waals surface area contributed by atoms with E-state index in [0.29, 0.717) is 22.4 Å². The molecule has 2 aromatic rings. The van der Waals surface area contributed by atoms with Gasteiger partial charge in [0.15, 0.2) is 5.82 Å². The third-order valence-corrected chi connectivity index (χ3v) is 2.97. The van der Waals surface area contributed by atoms with E-state index in [9.17, 15) is 4.39 Å². The molecule has 0 aliphatic carbocycles. The molecule has 0 saturated carbocycles. The average Bonchev–Trinajstić information content (AvgIpc) is 2.41. The van der Waals surface area contributed by atoms with E-state index in [1.807, 2.05) is 6.92 Å². The summed E-state index contributed by atoms with van der Waals surface area (Å²) in [7, 11) is 1.72. The van der Waals surface area contributed by atoms with Gasteiger partial charge in [0.05, 0.1) is 12.2 Å². The third kappa shape index (κ3) is 3.12. The van der Waals surface area contributed by atoms with Crippen molar-refractivity contribution in [1.82, 2.24) is 9.97 Å². The second-order valence-corrected chi connectivity index (χ2v) is 4.43. The summed E-state index contributed by atoms with van der Waals surface area (Å²) in [4.78, 5) is 8.18. The largest absolute Gasteiger partial charge is 0.362 e. The molecular formula is C13H14ClFN4. The summed E-state index contributed by atoms with van der Waals surface area (Å²) in [6.07, 6.45) is 1.50. The Bertz CT molecular complexity index is 576. The van der Waals surface area contributed by atoms with E-state index in [-0.39, 0.29) is 11.9 Å². The predicted octanol–water partition coefficient (Wildman–Crippen LogP) is 3.48. The van der Waals surface area contributed by atoms with Crippen LogP contribution >= 0.6 is 11.6 Å². The van der Waals surface area contributed by atoms with Crippen LogP contribution in [0, 0.1) is 5.82 Å². The van der Waals surface area contributed by atoms with Gasteiger partial charge in [-0.3, -0.25) is 0 Å². The van der Waals surface area contributed by atoms with Gasteiger partial charge in [-0.25, -0.2) is 9.37 Å². The van der Waals surface area contributed by atoms with E-state index in [1.165, 1.54) is 12.3 Å². The minimum atomic E-state index is -0.262. The van der Waals surface area contributed by atoms with Gasteiger partial charge in [-0.05, 0) is 13.0 Å². The van der Waals surface area contributed by atoms with E-state index in [1.54, 1.807) is 25.2 Å². The number of hydrogen-bond donors (Lipinski definition) is 2. The zero-order valence-corrected chi connectivity index (χ0v) is 11.4. The van der Waals surface area contributed by atoms with Gasteiger partial charge in [0.2, 0.25) is 5.95 Å². The monoisotopic (exact) mass is 280 g/mol. The Balaban J connectivity index is 2.24. The molecule has 100 valence electrons. The van der Waals surface area contributed by atoms with Gasteiger partial charge in [-0.15, -0.1) is 0 Å². The Morgan fingerprint density at radius 3 is 2.74 bits per heavy atom. The molecule has 0 radical (unpaired) electrons. The molecule has 0 bridgehead atoms. The van der Waals surface area contributed by atoms with E-state index < -0.39 is 0 Å². The number of benzene rings is 1. The van der Waals surface area contributed by atoms with Gasteiger partial charge in [0, 0.05) is 12.6 Å². The van der Waals surface area contributed by atoms with Crippen LogP contribution in [-0.2, 0) is 0 Å². The Morgan fingerprint density at radius 1 is 1.32 bits per heavy atom. The fourth-order valence-corrected chi connectivity index (χ4v) is 1.84. The van der Waals surface area contributed by atoms with E-state index in [4.69, 9.17) is 11.6 Å². The van der Waals surface area contributed by atoms with E-state index in [2.05, 4.69) is 20.6 Å². The number of aromatic nitrogens is 2. The number of halogens is 2. The molecule has 6 heteroatoms. The first-order chi connectivity index (χ1) is 9.11. The van der Waals surface area contributed by atoms with Crippen LogP contribution in [0.5, 0.6) is 0 Å². The topological polar surface area (TPSA) is 49.8 Å². The highest BCUT2D eigenvalue weighted by Gasteiger charge is 2.13. The van der Waals surface area contributed by atoms with Crippen molar-refractivity contribution in [3.63, 3.8) is 0 Å². The molecule has 0 aliphatic heterocycles. The van der Waals surface area contributed by atoms with Crippen LogP contribution in [0.4, 0.5) is 16.2 Å². The van der Waals surface area contributed by atoms with Crippen LogP contribution in [0.25, 0.3) is 0 Å².